The zero-order chi connectivity index (χ0) is 15.8. The van der Waals surface area contributed by atoms with E-state index >= 15 is 0 Å². The maximum absolute atomic E-state index is 13.8. The van der Waals surface area contributed by atoms with Crippen molar-refractivity contribution in [1.82, 2.24) is 5.32 Å². The molecule has 1 aromatic rings. The number of carbonyl (C=O) groups excluding carboxylic acids is 1. The van der Waals surface area contributed by atoms with Crippen LogP contribution in [0.5, 0.6) is 0 Å². The van der Waals surface area contributed by atoms with E-state index in [1.807, 2.05) is 20.8 Å². The van der Waals surface area contributed by atoms with Crippen molar-refractivity contribution in [2.45, 2.75) is 39.3 Å². The number of hydrogen-bond donors (Lipinski definition) is 2. The topological polar surface area (TPSA) is 64.3 Å². The lowest BCUT2D eigenvalue weighted by Gasteiger charge is -2.51. The molecule has 3 N–H and O–H groups in total. The molecule has 116 valence electrons. The first-order chi connectivity index (χ1) is 9.77. The zero-order valence-corrected chi connectivity index (χ0v) is 12.4. The molecule has 1 aromatic carbocycles. The molecular formula is C15H20F2N2O2. The highest BCUT2D eigenvalue weighted by atomic mass is 19.1. The first kappa shape index (κ1) is 15.7. The molecule has 2 unspecified atom stereocenters. The van der Waals surface area contributed by atoms with Crippen LogP contribution in [0.2, 0.25) is 0 Å². The van der Waals surface area contributed by atoms with Crippen molar-refractivity contribution in [3.8, 4) is 0 Å². The minimum atomic E-state index is -0.896. The molecule has 4 nitrogen and oxygen atoms in total. The van der Waals surface area contributed by atoms with Gasteiger partial charge in [-0.2, -0.15) is 0 Å². The van der Waals surface area contributed by atoms with Crippen LogP contribution in [0.25, 0.3) is 0 Å². The van der Waals surface area contributed by atoms with Gasteiger partial charge in [-0.25, -0.2) is 8.78 Å². The third kappa shape index (κ3) is 2.85. The van der Waals surface area contributed by atoms with E-state index in [0.717, 1.165) is 12.1 Å². The van der Waals surface area contributed by atoms with Gasteiger partial charge in [-0.05, 0) is 25.5 Å². The van der Waals surface area contributed by atoms with Crippen LogP contribution in [-0.4, -0.2) is 24.7 Å². The van der Waals surface area contributed by atoms with Gasteiger partial charge in [0.05, 0.1) is 17.4 Å². The summed E-state index contributed by atoms with van der Waals surface area (Å²) in [6.07, 6.45) is 0.703. The smallest absolute Gasteiger partial charge is 0.254 e. The summed E-state index contributed by atoms with van der Waals surface area (Å²) in [5, 5.41) is 2.73. The second-order valence-electron chi connectivity index (χ2n) is 5.88. The number of nitrogens with one attached hydrogen (secondary N) is 1. The molecule has 0 radical (unpaired) electrons. The largest absolute Gasteiger partial charge is 0.396 e. The summed E-state index contributed by atoms with van der Waals surface area (Å²) in [4.78, 5) is 12.1. The number of nitrogens with two attached hydrogens (primary N) is 1. The van der Waals surface area contributed by atoms with Gasteiger partial charge in [0.15, 0.2) is 5.82 Å². The molecule has 0 bridgehead atoms. The molecule has 1 fully saturated rings. The summed E-state index contributed by atoms with van der Waals surface area (Å²) < 4.78 is 32.7. The zero-order valence-electron chi connectivity index (χ0n) is 12.4. The van der Waals surface area contributed by atoms with E-state index in [2.05, 4.69) is 5.32 Å². The van der Waals surface area contributed by atoms with E-state index < -0.39 is 17.5 Å². The summed E-state index contributed by atoms with van der Waals surface area (Å²) >= 11 is 0. The summed E-state index contributed by atoms with van der Waals surface area (Å²) in [6, 6.07) is 1.56. The Morgan fingerprint density at radius 3 is 2.71 bits per heavy atom. The second-order valence-corrected chi connectivity index (χ2v) is 5.88. The van der Waals surface area contributed by atoms with Gasteiger partial charge in [-0.15, -0.1) is 0 Å². The van der Waals surface area contributed by atoms with E-state index in [4.69, 9.17) is 10.5 Å². The Labute approximate surface area is 122 Å². The van der Waals surface area contributed by atoms with Gasteiger partial charge < -0.3 is 15.8 Å². The molecule has 0 aliphatic heterocycles. The summed E-state index contributed by atoms with van der Waals surface area (Å²) in [7, 11) is 0. The van der Waals surface area contributed by atoms with Gasteiger partial charge in [-0.1, -0.05) is 13.8 Å². The highest BCUT2D eigenvalue weighted by molar-refractivity contribution is 5.95. The Hall–Kier alpha value is -1.69. The van der Waals surface area contributed by atoms with Crippen molar-refractivity contribution < 1.29 is 18.3 Å². The molecular weight excluding hydrogens is 278 g/mol. The Morgan fingerprint density at radius 2 is 2.14 bits per heavy atom. The monoisotopic (exact) mass is 298 g/mol. The SMILES string of the molecule is CCOC1CC(NC(=O)c2cc(F)cc(N)c2F)C1(C)C. The molecule has 1 aliphatic carbocycles. The average Bonchev–Trinajstić information content (AvgIpc) is 2.41. The molecule has 1 amide bonds. The first-order valence-corrected chi connectivity index (χ1v) is 6.94. The molecule has 0 aromatic heterocycles. The molecule has 1 saturated carbocycles. The number of benzene rings is 1. The number of halogens is 2. The lowest BCUT2D eigenvalue weighted by molar-refractivity contribution is -0.111. The fourth-order valence-electron chi connectivity index (χ4n) is 2.63. The number of nitrogen functional groups attached to an aromatic ring is 1. The van der Waals surface area contributed by atoms with Gasteiger partial charge in [-0.3, -0.25) is 4.79 Å². The number of carbonyl (C=O) groups is 1. The fraction of sp³-hybridized carbons (Fsp3) is 0.533. The fourth-order valence-corrected chi connectivity index (χ4v) is 2.63. The first-order valence-electron chi connectivity index (χ1n) is 6.94. The highest BCUT2D eigenvalue weighted by Crippen LogP contribution is 2.42. The maximum atomic E-state index is 13.8. The van der Waals surface area contributed by atoms with Crippen LogP contribution in [0, 0.1) is 17.0 Å². The van der Waals surface area contributed by atoms with E-state index in [9.17, 15) is 13.6 Å². The molecule has 21 heavy (non-hydrogen) atoms. The van der Waals surface area contributed by atoms with Gasteiger partial charge in [0.2, 0.25) is 0 Å². The van der Waals surface area contributed by atoms with E-state index in [1.165, 1.54) is 0 Å². The molecule has 6 heteroatoms. The summed E-state index contributed by atoms with van der Waals surface area (Å²) in [5.41, 5.74) is 4.34. The van der Waals surface area contributed by atoms with Crippen LogP contribution < -0.4 is 11.1 Å². The summed E-state index contributed by atoms with van der Waals surface area (Å²) in [6.45, 7) is 6.45. The number of hydrogen-bond acceptors (Lipinski definition) is 3. The van der Waals surface area contributed by atoms with Crippen LogP contribution in [0.1, 0.15) is 37.6 Å². The standard InChI is InChI=1S/C15H20F2N2O2/c1-4-21-12-7-11(15(12,2)3)19-14(20)9-5-8(16)6-10(18)13(9)17/h5-6,11-12H,4,7,18H2,1-3H3,(H,19,20). The molecule has 2 atom stereocenters. The van der Waals surface area contributed by atoms with Gasteiger partial charge >= 0.3 is 0 Å². The van der Waals surface area contributed by atoms with Crippen molar-refractivity contribution in [2.24, 2.45) is 5.41 Å². The Balaban J connectivity index is 2.10. The van der Waals surface area contributed by atoms with Crippen molar-refractivity contribution in [1.29, 1.82) is 0 Å². The Kier molecular flexibility index (Phi) is 4.18. The van der Waals surface area contributed by atoms with E-state index in [1.54, 1.807) is 0 Å². The predicted octanol–water partition coefficient (Wildman–Crippen LogP) is 2.48. The normalized spacial score (nSPS) is 23.5. The van der Waals surface area contributed by atoms with Crippen molar-refractivity contribution in [3.05, 3.63) is 29.3 Å². The molecule has 0 saturated heterocycles. The van der Waals surface area contributed by atoms with Gasteiger partial charge in [0.25, 0.3) is 5.91 Å². The van der Waals surface area contributed by atoms with Crippen molar-refractivity contribution in [3.63, 3.8) is 0 Å². The number of rotatable bonds is 4. The van der Waals surface area contributed by atoms with Crippen LogP contribution in [-0.2, 0) is 4.74 Å². The molecule has 2 rings (SSSR count). The van der Waals surface area contributed by atoms with Crippen molar-refractivity contribution >= 4 is 11.6 Å². The maximum Gasteiger partial charge on any atom is 0.254 e. The number of amides is 1. The van der Waals surface area contributed by atoms with Crippen LogP contribution in [0.15, 0.2) is 12.1 Å². The van der Waals surface area contributed by atoms with Crippen LogP contribution in [0.4, 0.5) is 14.5 Å². The Morgan fingerprint density at radius 1 is 1.48 bits per heavy atom. The quantitative estimate of drug-likeness (QED) is 0.839. The molecule has 1 aliphatic rings. The van der Waals surface area contributed by atoms with Crippen LogP contribution >= 0.6 is 0 Å². The lowest BCUT2D eigenvalue weighted by Crippen LogP contribution is -2.62. The molecule has 0 spiro atoms. The van der Waals surface area contributed by atoms with Gasteiger partial charge in [0, 0.05) is 18.1 Å². The predicted molar refractivity (Wildman–Crippen MR) is 75.8 cm³/mol. The summed E-state index contributed by atoms with van der Waals surface area (Å²) in [5.74, 6) is -2.29. The third-order valence-corrected chi connectivity index (χ3v) is 4.16. The average molecular weight is 298 g/mol. The third-order valence-electron chi connectivity index (χ3n) is 4.16. The molecule has 0 heterocycles. The number of ether oxygens (including phenoxy) is 1. The number of anilines is 1. The van der Waals surface area contributed by atoms with Crippen molar-refractivity contribution in [2.75, 3.05) is 12.3 Å². The van der Waals surface area contributed by atoms with E-state index in [-0.39, 0.29) is 28.8 Å². The van der Waals surface area contributed by atoms with Crippen LogP contribution in [0.3, 0.4) is 0 Å². The van der Waals surface area contributed by atoms with Gasteiger partial charge in [0.1, 0.15) is 5.82 Å². The van der Waals surface area contributed by atoms with E-state index in [0.29, 0.717) is 13.0 Å². The minimum Gasteiger partial charge on any atom is -0.396 e. The Bertz CT molecular complexity index is 561. The lowest BCUT2D eigenvalue weighted by atomic mass is 9.64. The second kappa shape index (κ2) is 5.60. The highest BCUT2D eigenvalue weighted by Gasteiger charge is 2.49. The minimum absolute atomic E-state index is 0.0511.